The van der Waals surface area contributed by atoms with Crippen molar-refractivity contribution >= 4 is 29.2 Å². The summed E-state index contributed by atoms with van der Waals surface area (Å²) >= 11 is 0. The predicted molar refractivity (Wildman–Crippen MR) is 79.0 cm³/mol. The highest BCUT2D eigenvalue weighted by atomic mass is 16.1. The van der Waals surface area contributed by atoms with E-state index < -0.39 is 0 Å². The molecule has 2 aromatic heterocycles. The van der Waals surface area contributed by atoms with E-state index in [9.17, 15) is 4.79 Å². The average Bonchev–Trinajstić information content (AvgIpc) is 2.90. The van der Waals surface area contributed by atoms with Crippen LogP contribution in [0.5, 0.6) is 0 Å². The third-order valence-corrected chi connectivity index (χ3v) is 2.70. The Labute approximate surface area is 116 Å². The number of carbonyl (C=O) groups excluding carboxylic acids is 1. The van der Waals surface area contributed by atoms with Crippen LogP contribution in [-0.2, 0) is 4.79 Å². The number of H-pyrrole nitrogens is 1. The smallest absolute Gasteiger partial charge is 0.222 e. The van der Waals surface area contributed by atoms with Gasteiger partial charge in [0.05, 0.1) is 6.20 Å². The number of rotatable bonds is 4. The van der Waals surface area contributed by atoms with Crippen molar-refractivity contribution in [2.24, 2.45) is 4.99 Å². The fraction of sp³-hybridized carbons (Fsp3) is 0.143. The summed E-state index contributed by atoms with van der Waals surface area (Å²) in [6.07, 6.45) is 7.11. The standard InChI is InChI=1S/C14H15N5O/c1-4-10(6-13(15-3)18-9(2)20)11-5-12-8-17-19-14(12)16-7-11/h4-8H,3H2,1-2H3,(H,18,20)(H,16,17,19)/b10-4?,13-6+. The van der Waals surface area contributed by atoms with E-state index in [1.165, 1.54) is 6.92 Å². The molecule has 0 saturated heterocycles. The van der Waals surface area contributed by atoms with Gasteiger partial charge < -0.3 is 5.32 Å². The van der Waals surface area contributed by atoms with E-state index in [0.29, 0.717) is 5.82 Å². The van der Waals surface area contributed by atoms with Crippen molar-refractivity contribution in [3.05, 3.63) is 42.0 Å². The lowest BCUT2D eigenvalue weighted by Crippen LogP contribution is -2.17. The quantitative estimate of drug-likeness (QED) is 0.658. The number of aromatic amines is 1. The molecule has 0 aliphatic carbocycles. The van der Waals surface area contributed by atoms with Crippen LogP contribution < -0.4 is 5.32 Å². The maximum Gasteiger partial charge on any atom is 0.222 e. The topological polar surface area (TPSA) is 83.0 Å². The zero-order valence-electron chi connectivity index (χ0n) is 11.3. The fourth-order valence-corrected chi connectivity index (χ4v) is 1.78. The van der Waals surface area contributed by atoms with Crippen molar-refractivity contribution in [2.45, 2.75) is 13.8 Å². The summed E-state index contributed by atoms with van der Waals surface area (Å²) in [5, 5.41) is 10.3. The molecule has 2 heterocycles. The van der Waals surface area contributed by atoms with Gasteiger partial charge in [-0.1, -0.05) is 6.08 Å². The Balaban J connectivity index is 2.38. The molecular weight excluding hydrogens is 254 g/mol. The molecule has 20 heavy (non-hydrogen) atoms. The minimum atomic E-state index is -0.192. The van der Waals surface area contributed by atoms with Crippen LogP contribution in [-0.4, -0.2) is 27.8 Å². The molecule has 102 valence electrons. The zero-order chi connectivity index (χ0) is 14.5. The van der Waals surface area contributed by atoms with Crippen molar-refractivity contribution in [3.8, 4) is 0 Å². The number of hydrogen-bond acceptors (Lipinski definition) is 4. The Morgan fingerprint density at radius 3 is 2.95 bits per heavy atom. The summed E-state index contributed by atoms with van der Waals surface area (Å²) in [6.45, 7) is 6.77. The monoisotopic (exact) mass is 269 g/mol. The highest BCUT2D eigenvalue weighted by Crippen LogP contribution is 2.20. The number of carbonyl (C=O) groups is 1. The number of pyridine rings is 1. The molecule has 0 aliphatic rings. The van der Waals surface area contributed by atoms with E-state index >= 15 is 0 Å². The second-order valence-electron chi connectivity index (χ2n) is 4.14. The summed E-state index contributed by atoms with van der Waals surface area (Å²) in [4.78, 5) is 19.2. The molecular formula is C14H15N5O. The molecule has 0 radical (unpaired) electrons. The van der Waals surface area contributed by atoms with Crippen molar-refractivity contribution < 1.29 is 4.79 Å². The van der Waals surface area contributed by atoms with Gasteiger partial charge >= 0.3 is 0 Å². The average molecular weight is 269 g/mol. The summed E-state index contributed by atoms with van der Waals surface area (Å²) < 4.78 is 0. The minimum Gasteiger partial charge on any atom is -0.311 e. The normalized spacial score (nSPS) is 12.5. The van der Waals surface area contributed by atoms with Gasteiger partial charge in [0.15, 0.2) is 5.65 Å². The van der Waals surface area contributed by atoms with Gasteiger partial charge in [-0.05, 0) is 31.4 Å². The van der Waals surface area contributed by atoms with Gasteiger partial charge in [-0.15, -0.1) is 0 Å². The number of aromatic nitrogens is 3. The highest BCUT2D eigenvalue weighted by molar-refractivity contribution is 5.83. The zero-order valence-corrected chi connectivity index (χ0v) is 11.3. The first-order valence-electron chi connectivity index (χ1n) is 6.06. The maximum absolute atomic E-state index is 11.1. The number of nitrogens with one attached hydrogen (secondary N) is 2. The first kappa shape index (κ1) is 13.7. The van der Waals surface area contributed by atoms with Crippen LogP contribution in [0, 0.1) is 0 Å². The number of amides is 1. The van der Waals surface area contributed by atoms with Crippen molar-refractivity contribution in [2.75, 3.05) is 0 Å². The minimum absolute atomic E-state index is 0.192. The van der Waals surface area contributed by atoms with Crippen LogP contribution in [0.1, 0.15) is 19.4 Å². The van der Waals surface area contributed by atoms with Gasteiger partial charge in [-0.25, -0.2) is 9.98 Å². The largest absolute Gasteiger partial charge is 0.311 e. The number of nitrogens with zero attached hydrogens (tertiary/aromatic N) is 3. The van der Waals surface area contributed by atoms with Crippen LogP contribution in [0.25, 0.3) is 16.6 Å². The maximum atomic E-state index is 11.1. The lowest BCUT2D eigenvalue weighted by molar-refractivity contribution is -0.118. The summed E-state index contributed by atoms with van der Waals surface area (Å²) in [5.74, 6) is 0.209. The van der Waals surface area contributed by atoms with Gasteiger partial charge in [0, 0.05) is 24.1 Å². The van der Waals surface area contributed by atoms with Gasteiger partial charge in [0.2, 0.25) is 5.91 Å². The molecule has 6 heteroatoms. The molecule has 0 spiro atoms. The SMILES string of the molecule is C=N/C(=C\C(=CC)c1cnc2[nH]ncc2c1)NC(C)=O. The Kier molecular flexibility index (Phi) is 4.05. The second kappa shape index (κ2) is 5.92. The molecule has 0 aliphatic heterocycles. The van der Waals surface area contributed by atoms with Crippen molar-refractivity contribution in [3.63, 3.8) is 0 Å². The molecule has 0 fully saturated rings. The fourth-order valence-electron chi connectivity index (χ4n) is 1.78. The van der Waals surface area contributed by atoms with Crippen LogP contribution in [0.15, 0.2) is 41.4 Å². The van der Waals surface area contributed by atoms with Crippen LogP contribution >= 0.6 is 0 Å². The second-order valence-corrected chi connectivity index (χ2v) is 4.14. The number of fused-ring (bicyclic) bond motifs is 1. The molecule has 2 N–H and O–H groups in total. The Bertz CT molecular complexity index is 711. The Hall–Kier alpha value is -2.76. The molecule has 6 nitrogen and oxygen atoms in total. The summed E-state index contributed by atoms with van der Waals surface area (Å²) in [5.41, 5.74) is 2.53. The van der Waals surface area contributed by atoms with Gasteiger partial charge in [0.25, 0.3) is 0 Å². The first-order valence-corrected chi connectivity index (χ1v) is 6.06. The van der Waals surface area contributed by atoms with Gasteiger partial charge in [-0.2, -0.15) is 5.10 Å². The van der Waals surface area contributed by atoms with Crippen molar-refractivity contribution in [1.29, 1.82) is 0 Å². The molecule has 0 saturated carbocycles. The lowest BCUT2D eigenvalue weighted by atomic mass is 10.1. The Morgan fingerprint density at radius 2 is 2.30 bits per heavy atom. The molecule has 1 amide bonds. The van der Waals surface area contributed by atoms with E-state index in [0.717, 1.165) is 22.2 Å². The third-order valence-electron chi connectivity index (χ3n) is 2.70. The van der Waals surface area contributed by atoms with Crippen LogP contribution in [0.3, 0.4) is 0 Å². The van der Waals surface area contributed by atoms with E-state index in [1.54, 1.807) is 18.5 Å². The molecule has 0 atom stereocenters. The Morgan fingerprint density at radius 1 is 1.50 bits per heavy atom. The molecule has 0 unspecified atom stereocenters. The van der Waals surface area contributed by atoms with E-state index in [-0.39, 0.29) is 5.91 Å². The molecule has 2 aromatic rings. The predicted octanol–water partition coefficient (Wildman–Crippen LogP) is 2.04. The third kappa shape index (κ3) is 2.97. The highest BCUT2D eigenvalue weighted by Gasteiger charge is 2.04. The molecule has 0 bridgehead atoms. The lowest BCUT2D eigenvalue weighted by Gasteiger charge is -2.05. The molecule has 2 rings (SSSR count). The van der Waals surface area contributed by atoms with Crippen molar-refractivity contribution in [1.82, 2.24) is 20.5 Å². The van der Waals surface area contributed by atoms with Gasteiger partial charge in [0.1, 0.15) is 5.82 Å². The number of hydrogen-bond donors (Lipinski definition) is 2. The summed E-state index contributed by atoms with van der Waals surface area (Å²) in [7, 11) is 0. The van der Waals surface area contributed by atoms with Gasteiger partial charge in [-0.3, -0.25) is 9.89 Å². The van der Waals surface area contributed by atoms with E-state index in [4.69, 9.17) is 0 Å². The number of aliphatic imine (C=N–C) groups is 1. The van der Waals surface area contributed by atoms with Crippen LogP contribution in [0.4, 0.5) is 0 Å². The molecule has 0 aromatic carbocycles. The van der Waals surface area contributed by atoms with E-state index in [1.807, 2.05) is 19.1 Å². The summed E-state index contributed by atoms with van der Waals surface area (Å²) in [6, 6.07) is 1.96. The first-order chi connectivity index (χ1) is 9.63. The van der Waals surface area contributed by atoms with Crippen LogP contribution in [0.2, 0.25) is 0 Å². The van der Waals surface area contributed by atoms with E-state index in [2.05, 4.69) is 32.2 Å². The number of allylic oxidation sites excluding steroid dienone is 3.